The van der Waals surface area contributed by atoms with Crippen LogP contribution in [0.15, 0.2) is 47.5 Å². The highest BCUT2D eigenvalue weighted by Gasteiger charge is 2.47. The summed E-state index contributed by atoms with van der Waals surface area (Å²) in [6.45, 7) is 4.13. The summed E-state index contributed by atoms with van der Waals surface area (Å²) >= 11 is 7.91. The van der Waals surface area contributed by atoms with E-state index in [1.54, 1.807) is 11.8 Å². The van der Waals surface area contributed by atoms with Crippen molar-refractivity contribution in [3.05, 3.63) is 64.2 Å². The Hall–Kier alpha value is -1.50. The molecular weight excluding hydrogens is 400 g/mol. The van der Waals surface area contributed by atoms with E-state index in [1.165, 1.54) is 5.56 Å². The molecule has 7 heteroatoms. The van der Waals surface area contributed by atoms with Crippen molar-refractivity contribution in [2.75, 3.05) is 16.4 Å². The number of rotatable bonds is 3. The molecule has 0 amide bonds. The molecule has 2 aliphatic heterocycles. The van der Waals surface area contributed by atoms with Crippen LogP contribution in [0.2, 0.25) is 5.02 Å². The van der Waals surface area contributed by atoms with Crippen molar-refractivity contribution in [3.63, 3.8) is 0 Å². The van der Waals surface area contributed by atoms with Crippen molar-refractivity contribution in [2.45, 2.75) is 31.7 Å². The van der Waals surface area contributed by atoms with Crippen LogP contribution < -0.4 is 4.90 Å². The molecular formula is C20H21ClN2O2S2. The molecule has 1 saturated heterocycles. The molecule has 0 bridgehead atoms. The van der Waals surface area contributed by atoms with Crippen molar-refractivity contribution in [2.24, 2.45) is 4.99 Å². The summed E-state index contributed by atoms with van der Waals surface area (Å²) in [5, 5.41) is 1.62. The fourth-order valence-corrected chi connectivity index (χ4v) is 6.99. The highest BCUT2D eigenvalue weighted by molar-refractivity contribution is 8.13. The molecule has 2 unspecified atom stereocenters. The van der Waals surface area contributed by atoms with Crippen molar-refractivity contribution in [1.29, 1.82) is 0 Å². The van der Waals surface area contributed by atoms with Gasteiger partial charge in [-0.3, -0.25) is 4.99 Å². The Morgan fingerprint density at radius 1 is 1.19 bits per heavy atom. The number of anilines is 1. The lowest BCUT2D eigenvalue weighted by Gasteiger charge is -2.28. The molecule has 4 rings (SSSR count). The largest absolute Gasteiger partial charge is 0.315 e. The number of hydrogen-bond acceptors (Lipinski definition) is 5. The summed E-state index contributed by atoms with van der Waals surface area (Å²) in [6.07, 6.45) is 0. The molecule has 2 heterocycles. The van der Waals surface area contributed by atoms with E-state index in [1.807, 2.05) is 24.3 Å². The standard InChI is InChI=1S/C20H21ClN2O2S2/c1-13-7-8-18(14(2)9-13)23-19-12-27(24,25)11-17(19)22-20(23)26-10-15-5-3-4-6-16(15)21/h3-9,17,19H,10-12H2,1-2H3. The van der Waals surface area contributed by atoms with Crippen LogP contribution in [-0.4, -0.2) is 37.2 Å². The number of nitrogens with zero attached hydrogens (tertiary/aromatic N) is 2. The minimum Gasteiger partial charge on any atom is -0.315 e. The maximum absolute atomic E-state index is 12.2. The Kier molecular flexibility index (Phi) is 4.99. The number of sulfone groups is 1. The monoisotopic (exact) mass is 420 g/mol. The van der Waals surface area contributed by atoms with Crippen LogP contribution in [0.3, 0.4) is 0 Å². The van der Waals surface area contributed by atoms with Crippen LogP contribution in [0.5, 0.6) is 0 Å². The quantitative estimate of drug-likeness (QED) is 0.745. The molecule has 0 spiro atoms. The molecule has 0 radical (unpaired) electrons. The van der Waals surface area contributed by atoms with E-state index in [0.717, 1.165) is 27.0 Å². The Balaban J connectivity index is 1.66. The number of fused-ring (bicyclic) bond motifs is 1. The van der Waals surface area contributed by atoms with Crippen LogP contribution >= 0.6 is 23.4 Å². The first kappa shape index (κ1) is 18.8. The number of aryl methyl sites for hydroxylation is 2. The molecule has 2 aromatic carbocycles. The molecule has 0 N–H and O–H groups in total. The second kappa shape index (κ2) is 7.15. The van der Waals surface area contributed by atoms with Gasteiger partial charge in [-0.1, -0.05) is 59.3 Å². The zero-order valence-electron chi connectivity index (χ0n) is 15.2. The van der Waals surface area contributed by atoms with Gasteiger partial charge in [-0.2, -0.15) is 0 Å². The van der Waals surface area contributed by atoms with Gasteiger partial charge in [0.05, 0.1) is 23.6 Å². The number of amidine groups is 1. The summed E-state index contributed by atoms with van der Waals surface area (Å²) in [7, 11) is -3.04. The van der Waals surface area contributed by atoms with E-state index in [-0.39, 0.29) is 23.6 Å². The molecule has 4 nitrogen and oxygen atoms in total. The Bertz CT molecular complexity index is 1020. The minimum absolute atomic E-state index is 0.120. The third-order valence-electron chi connectivity index (χ3n) is 5.03. The topological polar surface area (TPSA) is 49.7 Å². The van der Waals surface area contributed by atoms with Crippen LogP contribution in [0.25, 0.3) is 0 Å². The smallest absolute Gasteiger partial charge is 0.164 e. The Labute approximate surface area is 169 Å². The van der Waals surface area contributed by atoms with Crippen molar-refractivity contribution in [1.82, 2.24) is 0 Å². The Morgan fingerprint density at radius 3 is 2.70 bits per heavy atom. The first-order valence-corrected chi connectivity index (χ1v) is 12.0. The third-order valence-corrected chi connectivity index (χ3v) is 8.12. The van der Waals surface area contributed by atoms with Gasteiger partial charge in [0, 0.05) is 16.5 Å². The summed E-state index contributed by atoms with van der Waals surface area (Å²) in [5.41, 5.74) is 4.41. The maximum Gasteiger partial charge on any atom is 0.164 e. The van der Waals surface area contributed by atoms with Gasteiger partial charge in [-0.15, -0.1) is 0 Å². The van der Waals surface area contributed by atoms with Gasteiger partial charge in [0.15, 0.2) is 15.0 Å². The lowest BCUT2D eigenvalue weighted by molar-refractivity contribution is 0.601. The van der Waals surface area contributed by atoms with Crippen LogP contribution in [0.1, 0.15) is 16.7 Å². The summed E-state index contributed by atoms with van der Waals surface area (Å²) in [5.74, 6) is 0.992. The molecule has 2 aliphatic rings. The average molecular weight is 421 g/mol. The van der Waals surface area contributed by atoms with E-state index in [9.17, 15) is 8.42 Å². The third kappa shape index (κ3) is 3.75. The van der Waals surface area contributed by atoms with Gasteiger partial charge in [-0.05, 0) is 37.1 Å². The van der Waals surface area contributed by atoms with Crippen LogP contribution in [-0.2, 0) is 15.6 Å². The normalized spacial score (nSPS) is 23.4. The molecule has 2 atom stereocenters. The number of benzene rings is 2. The first-order valence-electron chi connectivity index (χ1n) is 8.85. The van der Waals surface area contributed by atoms with Crippen LogP contribution in [0, 0.1) is 13.8 Å². The second-order valence-electron chi connectivity index (χ2n) is 7.16. The molecule has 1 fully saturated rings. The Morgan fingerprint density at radius 2 is 1.96 bits per heavy atom. The van der Waals surface area contributed by atoms with Gasteiger partial charge in [0.1, 0.15) is 0 Å². The van der Waals surface area contributed by atoms with E-state index in [0.29, 0.717) is 5.75 Å². The first-order chi connectivity index (χ1) is 12.8. The van der Waals surface area contributed by atoms with Crippen molar-refractivity contribution in [3.8, 4) is 0 Å². The summed E-state index contributed by atoms with van der Waals surface area (Å²) in [6, 6.07) is 13.7. The summed E-state index contributed by atoms with van der Waals surface area (Å²) < 4.78 is 24.3. The van der Waals surface area contributed by atoms with E-state index in [4.69, 9.17) is 16.6 Å². The summed E-state index contributed by atoms with van der Waals surface area (Å²) in [4.78, 5) is 6.93. The van der Waals surface area contributed by atoms with Crippen LogP contribution in [0.4, 0.5) is 5.69 Å². The molecule has 2 aromatic rings. The zero-order valence-corrected chi connectivity index (χ0v) is 17.6. The van der Waals surface area contributed by atoms with E-state index < -0.39 is 9.84 Å². The highest BCUT2D eigenvalue weighted by Crippen LogP contribution is 2.37. The molecule has 27 heavy (non-hydrogen) atoms. The van der Waals surface area contributed by atoms with Gasteiger partial charge >= 0.3 is 0 Å². The lowest BCUT2D eigenvalue weighted by atomic mass is 10.1. The predicted molar refractivity (Wildman–Crippen MR) is 115 cm³/mol. The van der Waals surface area contributed by atoms with Gasteiger partial charge < -0.3 is 4.90 Å². The zero-order chi connectivity index (χ0) is 19.2. The average Bonchev–Trinajstić information content (AvgIpc) is 3.06. The molecule has 0 aliphatic carbocycles. The molecule has 0 aromatic heterocycles. The number of hydrogen-bond donors (Lipinski definition) is 0. The lowest BCUT2D eigenvalue weighted by Crippen LogP contribution is -2.39. The number of halogens is 1. The molecule has 0 saturated carbocycles. The number of thioether (sulfide) groups is 1. The second-order valence-corrected chi connectivity index (χ2v) is 10.7. The minimum atomic E-state index is -3.04. The van der Waals surface area contributed by atoms with E-state index in [2.05, 4.69) is 36.9 Å². The fourth-order valence-electron chi connectivity index (χ4n) is 3.75. The SMILES string of the molecule is Cc1ccc(N2C(SCc3ccccc3Cl)=NC3CS(=O)(=O)CC32)c(C)c1. The van der Waals surface area contributed by atoms with E-state index >= 15 is 0 Å². The van der Waals surface area contributed by atoms with Crippen molar-refractivity contribution >= 4 is 44.1 Å². The van der Waals surface area contributed by atoms with Gasteiger partial charge in [-0.25, -0.2) is 8.42 Å². The van der Waals surface area contributed by atoms with Gasteiger partial charge in [0.25, 0.3) is 0 Å². The predicted octanol–water partition coefficient (Wildman–Crippen LogP) is 4.23. The van der Waals surface area contributed by atoms with Gasteiger partial charge in [0.2, 0.25) is 0 Å². The molecule has 142 valence electrons. The fraction of sp³-hybridized carbons (Fsp3) is 0.350. The number of aliphatic imine (C=N–C) groups is 1. The maximum atomic E-state index is 12.2. The highest BCUT2D eigenvalue weighted by atomic mass is 35.5. The van der Waals surface area contributed by atoms with Crippen molar-refractivity contribution < 1.29 is 8.42 Å².